The molecule has 6 nitrogen and oxygen atoms in total. The zero-order valence-electron chi connectivity index (χ0n) is 15.1. The molecular weight excluding hydrogens is 326 g/mol. The highest BCUT2D eigenvalue weighted by Crippen LogP contribution is 2.19. The maximum atomic E-state index is 12.5. The van der Waals surface area contributed by atoms with Crippen molar-refractivity contribution in [2.75, 3.05) is 0 Å². The number of aromatic nitrogens is 4. The molecule has 1 amide bonds. The summed E-state index contributed by atoms with van der Waals surface area (Å²) in [5.74, 6) is -0.0143. The smallest absolute Gasteiger partial charge is 0.251 e. The summed E-state index contributed by atoms with van der Waals surface area (Å²) in [6, 6.07) is 10.0. The molecule has 1 aliphatic rings. The predicted molar refractivity (Wildman–Crippen MR) is 99.1 cm³/mol. The van der Waals surface area contributed by atoms with Gasteiger partial charge in [0.05, 0.1) is 18.4 Å². The topological polar surface area (TPSA) is 75.6 Å². The largest absolute Gasteiger partial charge is 0.349 e. The monoisotopic (exact) mass is 349 g/mol. The van der Waals surface area contributed by atoms with Crippen LogP contribution < -0.4 is 5.32 Å². The van der Waals surface area contributed by atoms with E-state index in [1.54, 1.807) is 0 Å². The Hall–Kier alpha value is -2.89. The number of amides is 1. The number of fused-ring (bicyclic) bond motifs is 1. The Kier molecular flexibility index (Phi) is 4.32. The lowest BCUT2D eigenvalue weighted by Gasteiger charge is -2.22. The van der Waals surface area contributed by atoms with E-state index in [0.29, 0.717) is 12.1 Å². The summed E-state index contributed by atoms with van der Waals surface area (Å²) >= 11 is 0. The van der Waals surface area contributed by atoms with Gasteiger partial charge in [-0.3, -0.25) is 14.6 Å². The highest BCUT2D eigenvalue weighted by Gasteiger charge is 2.21. The summed E-state index contributed by atoms with van der Waals surface area (Å²) in [6.07, 6.45) is 4.58. The van der Waals surface area contributed by atoms with Crippen molar-refractivity contribution >= 4 is 5.91 Å². The van der Waals surface area contributed by atoms with Crippen LogP contribution in [0.15, 0.2) is 36.5 Å². The van der Waals surface area contributed by atoms with E-state index in [0.717, 1.165) is 36.2 Å². The molecule has 1 aromatic carbocycles. The number of rotatable bonds is 4. The van der Waals surface area contributed by atoms with Crippen molar-refractivity contribution in [1.82, 2.24) is 25.3 Å². The number of carbonyl (C=O) groups excluding carboxylic acids is 1. The molecule has 1 atom stereocenters. The SMILES string of the molecule is Cc1cc(C)n(Cc2ccc(C(=O)N[C@@H]3CCc4[nH]ncc4C3)cc2)n1. The summed E-state index contributed by atoms with van der Waals surface area (Å²) in [5, 5.41) is 14.7. The molecular formula is C20H23N5O. The fraction of sp³-hybridized carbons (Fsp3) is 0.350. The number of hydrogen-bond donors (Lipinski definition) is 2. The molecule has 2 N–H and O–H groups in total. The molecule has 26 heavy (non-hydrogen) atoms. The fourth-order valence-electron chi connectivity index (χ4n) is 3.58. The number of hydrogen-bond acceptors (Lipinski definition) is 3. The maximum Gasteiger partial charge on any atom is 0.251 e. The second-order valence-corrected chi connectivity index (χ2v) is 7.07. The van der Waals surface area contributed by atoms with Crippen LogP contribution in [-0.4, -0.2) is 31.9 Å². The van der Waals surface area contributed by atoms with E-state index in [9.17, 15) is 4.79 Å². The van der Waals surface area contributed by atoms with Crippen LogP contribution in [0, 0.1) is 13.8 Å². The van der Waals surface area contributed by atoms with Crippen molar-refractivity contribution < 1.29 is 4.79 Å². The third-order valence-electron chi connectivity index (χ3n) is 5.00. The highest BCUT2D eigenvalue weighted by atomic mass is 16.1. The molecule has 0 fully saturated rings. The quantitative estimate of drug-likeness (QED) is 0.760. The highest BCUT2D eigenvalue weighted by molar-refractivity contribution is 5.94. The minimum atomic E-state index is -0.0143. The van der Waals surface area contributed by atoms with Gasteiger partial charge in [0, 0.05) is 23.0 Å². The molecule has 0 spiro atoms. The average Bonchev–Trinajstić information content (AvgIpc) is 3.21. The number of carbonyl (C=O) groups is 1. The minimum absolute atomic E-state index is 0.0143. The molecule has 0 bridgehead atoms. The maximum absolute atomic E-state index is 12.5. The van der Waals surface area contributed by atoms with E-state index in [4.69, 9.17) is 0 Å². The lowest BCUT2D eigenvalue weighted by Crippen LogP contribution is -2.38. The van der Waals surface area contributed by atoms with E-state index in [-0.39, 0.29) is 11.9 Å². The van der Waals surface area contributed by atoms with Gasteiger partial charge in [-0.05, 0) is 62.4 Å². The van der Waals surface area contributed by atoms with Crippen LogP contribution in [-0.2, 0) is 19.4 Å². The summed E-state index contributed by atoms with van der Waals surface area (Å²) in [7, 11) is 0. The normalized spacial score (nSPS) is 16.3. The van der Waals surface area contributed by atoms with Crippen molar-refractivity contribution in [3.63, 3.8) is 0 Å². The average molecular weight is 349 g/mol. The molecule has 0 radical (unpaired) electrons. The first-order chi connectivity index (χ1) is 12.6. The van der Waals surface area contributed by atoms with Gasteiger partial charge in [-0.2, -0.15) is 10.2 Å². The van der Waals surface area contributed by atoms with Gasteiger partial charge >= 0.3 is 0 Å². The van der Waals surface area contributed by atoms with Crippen LogP contribution in [0.3, 0.4) is 0 Å². The molecule has 6 heteroatoms. The first kappa shape index (κ1) is 16.6. The van der Waals surface area contributed by atoms with E-state index >= 15 is 0 Å². The van der Waals surface area contributed by atoms with Crippen molar-refractivity contribution in [3.8, 4) is 0 Å². The zero-order chi connectivity index (χ0) is 18.1. The molecule has 134 valence electrons. The lowest BCUT2D eigenvalue weighted by molar-refractivity contribution is 0.0933. The Bertz CT molecular complexity index is 922. The molecule has 0 unspecified atom stereocenters. The van der Waals surface area contributed by atoms with E-state index in [1.807, 2.05) is 42.1 Å². The van der Waals surface area contributed by atoms with Crippen molar-refractivity contribution in [3.05, 3.63) is 70.3 Å². The fourth-order valence-corrected chi connectivity index (χ4v) is 3.58. The molecule has 3 aromatic rings. The standard InChI is InChI=1S/C20H23N5O/c1-13-9-14(2)25(24-13)12-15-3-5-16(6-4-15)20(26)22-18-7-8-19-17(10-18)11-21-23-19/h3-6,9,11,18H,7-8,10,12H2,1-2H3,(H,21,23)(H,22,26)/t18-/m1/s1. The van der Waals surface area contributed by atoms with Gasteiger partial charge in [0.25, 0.3) is 5.91 Å². The van der Waals surface area contributed by atoms with Crippen molar-refractivity contribution in [2.24, 2.45) is 0 Å². The lowest BCUT2D eigenvalue weighted by atomic mass is 9.93. The molecule has 0 aliphatic heterocycles. The van der Waals surface area contributed by atoms with Crippen LogP contribution in [0.25, 0.3) is 0 Å². The van der Waals surface area contributed by atoms with E-state index in [2.05, 4.69) is 33.6 Å². The molecule has 2 heterocycles. The number of aryl methyl sites for hydroxylation is 3. The number of nitrogens with zero attached hydrogens (tertiary/aromatic N) is 3. The predicted octanol–water partition coefficient (Wildman–Crippen LogP) is 2.56. The third-order valence-corrected chi connectivity index (χ3v) is 5.00. The minimum Gasteiger partial charge on any atom is -0.349 e. The van der Waals surface area contributed by atoms with Crippen molar-refractivity contribution in [1.29, 1.82) is 0 Å². The number of aromatic amines is 1. The number of benzene rings is 1. The van der Waals surface area contributed by atoms with Crippen molar-refractivity contribution in [2.45, 2.75) is 45.7 Å². The van der Waals surface area contributed by atoms with Gasteiger partial charge < -0.3 is 5.32 Å². The first-order valence-electron chi connectivity index (χ1n) is 9.00. The Morgan fingerprint density at radius 2 is 2.12 bits per heavy atom. The summed E-state index contributed by atoms with van der Waals surface area (Å²) in [4.78, 5) is 12.5. The van der Waals surface area contributed by atoms with Gasteiger partial charge in [0.2, 0.25) is 0 Å². The summed E-state index contributed by atoms with van der Waals surface area (Å²) < 4.78 is 1.98. The van der Waals surface area contributed by atoms with Crippen LogP contribution >= 0.6 is 0 Å². The Labute approximate surface area is 152 Å². The molecule has 2 aromatic heterocycles. The summed E-state index contributed by atoms with van der Waals surface area (Å²) in [5.41, 5.74) is 6.39. The van der Waals surface area contributed by atoms with Gasteiger partial charge in [-0.15, -0.1) is 0 Å². The van der Waals surface area contributed by atoms with Crippen LogP contribution in [0.4, 0.5) is 0 Å². The zero-order valence-corrected chi connectivity index (χ0v) is 15.1. The van der Waals surface area contributed by atoms with Gasteiger partial charge in [-0.25, -0.2) is 0 Å². The van der Waals surface area contributed by atoms with E-state index < -0.39 is 0 Å². The molecule has 1 aliphatic carbocycles. The third kappa shape index (κ3) is 3.40. The van der Waals surface area contributed by atoms with E-state index in [1.165, 1.54) is 11.3 Å². The van der Waals surface area contributed by atoms with Gasteiger partial charge in [0.1, 0.15) is 0 Å². The molecule has 4 rings (SSSR count). The van der Waals surface area contributed by atoms with Gasteiger partial charge in [0.15, 0.2) is 0 Å². The first-order valence-corrected chi connectivity index (χ1v) is 9.00. The summed E-state index contributed by atoms with van der Waals surface area (Å²) in [6.45, 7) is 4.76. The van der Waals surface area contributed by atoms with Gasteiger partial charge in [-0.1, -0.05) is 12.1 Å². The molecule has 0 saturated carbocycles. The van der Waals surface area contributed by atoms with Crippen LogP contribution in [0.1, 0.15) is 45.0 Å². The number of H-pyrrole nitrogens is 1. The second kappa shape index (κ2) is 6.78. The Balaban J connectivity index is 1.39. The Morgan fingerprint density at radius 3 is 2.85 bits per heavy atom. The second-order valence-electron chi connectivity index (χ2n) is 7.07. The van der Waals surface area contributed by atoms with Crippen LogP contribution in [0.5, 0.6) is 0 Å². The Morgan fingerprint density at radius 1 is 1.31 bits per heavy atom. The number of nitrogens with one attached hydrogen (secondary N) is 2. The van der Waals surface area contributed by atoms with Crippen LogP contribution in [0.2, 0.25) is 0 Å². The molecule has 0 saturated heterocycles.